The summed E-state index contributed by atoms with van der Waals surface area (Å²) >= 11 is 0. The number of carbonyl (C=O) groups excluding carboxylic acids is 1. The summed E-state index contributed by atoms with van der Waals surface area (Å²) in [6.07, 6.45) is 9.79. The fourth-order valence-electron chi connectivity index (χ4n) is 4.85. The summed E-state index contributed by atoms with van der Waals surface area (Å²) in [5.41, 5.74) is 3.41. The largest absolute Gasteiger partial charge is 0.464 e. The topological polar surface area (TPSA) is 55.1 Å². The van der Waals surface area contributed by atoms with Crippen molar-refractivity contribution in [2.75, 3.05) is 0 Å². The van der Waals surface area contributed by atoms with Crippen LogP contribution in [-0.4, -0.2) is 16.9 Å². The zero-order valence-corrected chi connectivity index (χ0v) is 14.7. The summed E-state index contributed by atoms with van der Waals surface area (Å²) in [5.74, 6) is 1.71. The zero-order chi connectivity index (χ0) is 17.5. The predicted octanol–water partition coefficient (Wildman–Crippen LogP) is 4.80. The molecule has 0 aliphatic heterocycles. The Bertz CT molecular complexity index is 932. The van der Waals surface area contributed by atoms with E-state index in [4.69, 9.17) is 4.42 Å². The maximum Gasteiger partial charge on any atom is 0.251 e. The van der Waals surface area contributed by atoms with Gasteiger partial charge in [0.25, 0.3) is 5.91 Å². The van der Waals surface area contributed by atoms with Crippen molar-refractivity contribution in [1.82, 2.24) is 10.3 Å². The van der Waals surface area contributed by atoms with Crippen molar-refractivity contribution in [1.29, 1.82) is 0 Å². The molecule has 1 N–H and O–H groups in total. The molecule has 4 heteroatoms. The van der Waals surface area contributed by atoms with Crippen LogP contribution in [-0.2, 0) is 0 Å². The molecule has 1 aromatic carbocycles. The minimum absolute atomic E-state index is 0.0380. The summed E-state index contributed by atoms with van der Waals surface area (Å²) in [6, 6.07) is 11.8. The minimum atomic E-state index is 0.0380. The van der Waals surface area contributed by atoms with E-state index in [0.29, 0.717) is 11.6 Å². The van der Waals surface area contributed by atoms with Crippen molar-refractivity contribution in [3.05, 3.63) is 54.4 Å². The van der Waals surface area contributed by atoms with Gasteiger partial charge in [-0.15, -0.1) is 0 Å². The number of benzene rings is 1. The highest BCUT2D eigenvalue weighted by Gasteiger charge is 2.37. The number of pyridine rings is 1. The fraction of sp³-hybridized carbons (Fsp3) is 0.364. The molecule has 0 saturated heterocycles. The third-order valence-electron chi connectivity index (χ3n) is 6.13. The molecule has 0 radical (unpaired) electrons. The molecule has 2 heterocycles. The van der Waals surface area contributed by atoms with Crippen LogP contribution in [0.4, 0.5) is 0 Å². The van der Waals surface area contributed by atoms with Crippen LogP contribution in [0.2, 0.25) is 0 Å². The molecule has 1 unspecified atom stereocenters. The number of nitrogens with one attached hydrogen (secondary N) is 1. The fourth-order valence-corrected chi connectivity index (χ4v) is 4.85. The molecule has 1 amide bonds. The van der Waals surface area contributed by atoms with Crippen molar-refractivity contribution in [2.45, 2.75) is 38.1 Å². The first-order valence-corrected chi connectivity index (χ1v) is 9.51. The second-order valence-corrected chi connectivity index (χ2v) is 7.66. The third kappa shape index (κ3) is 2.70. The van der Waals surface area contributed by atoms with Gasteiger partial charge in [0.2, 0.25) is 0 Å². The molecule has 2 aliphatic rings. The molecule has 132 valence electrons. The number of fused-ring (bicyclic) bond motifs is 2. The predicted molar refractivity (Wildman–Crippen MR) is 101 cm³/mol. The molecule has 4 nitrogen and oxygen atoms in total. The lowest BCUT2D eigenvalue weighted by Crippen LogP contribution is -2.33. The maximum atomic E-state index is 12.6. The molecule has 3 atom stereocenters. The van der Waals surface area contributed by atoms with E-state index in [2.05, 4.69) is 10.3 Å². The van der Waals surface area contributed by atoms with Gasteiger partial charge in [-0.25, -0.2) is 0 Å². The molecule has 2 aliphatic carbocycles. The summed E-state index contributed by atoms with van der Waals surface area (Å²) in [4.78, 5) is 17.1. The Labute approximate surface area is 152 Å². The van der Waals surface area contributed by atoms with Crippen molar-refractivity contribution in [3.63, 3.8) is 0 Å². The number of hydrogen-bond acceptors (Lipinski definition) is 3. The molecule has 26 heavy (non-hydrogen) atoms. The van der Waals surface area contributed by atoms with Gasteiger partial charge < -0.3 is 9.73 Å². The number of aromatic nitrogens is 1. The van der Waals surface area contributed by atoms with Gasteiger partial charge in [0, 0.05) is 28.8 Å². The van der Waals surface area contributed by atoms with E-state index in [-0.39, 0.29) is 5.91 Å². The highest BCUT2D eigenvalue weighted by Crippen LogP contribution is 2.43. The van der Waals surface area contributed by atoms with E-state index in [1.165, 1.54) is 19.3 Å². The van der Waals surface area contributed by atoms with Crippen LogP contribution in [0.1, 0.15) is 42.5 Å². The first kappa shape index (κ1) is 15.6. The van der Waals surface area contributed by atoms with E-state index in [0.717, 1.165) is 46.9 Å². The number of amides is 1. The van der Waals surface area contributed by atoms with Crippen molar-refractivity contribution < 1.29 is 9.21 Å². The van der Waals surface area contributed by atoms with Gasteiger partial charge in [-0.3, -0.25) is 9.78 Å². The summed E-state index contributed by atoms with van der Waals surface area (Å²) < 4.78 is 5.44. The molecular formula is C22H22N2O2. The van der Waals surface area contributed by atoms with Gasteiger partial charge >= 0.3 is 0 Å². The van der Waals surface area contributed by atoms with Crippen molar-refractivity contribution >= 4 is 16.9 Å². The Morgan fingerprint density at radius 1 is 1.04 bits per heavy atom. The molecule has 3 aromatic rings. The highest BCUT2D eigenvalue weighted by atomic mass is 16.3. The van der Waals surface area contributed by atoms with Crippen LogP contribution in [0.5, 0.6) is 0 Å². The normalized spacial score (nSPS) is 24.7. The van der Waals surface area contributed by atoms with Crippen LogP contribution < -0.4 is 5.32 Å². The molecule has 2 fully saturated rings. The molecule has 5 rings (SSSR count). The van der Waals surface area contributed by atoms with Gasteiger partial charge in [0.15, 0.2) is 0 Å². The van der Waals surface area contributed by atoms with E-state index < -0.39 is 0 Å². The first-order valence-electron chi connectivity index (χ1n) is 9.51. The lowest BCUT2D eigenvalue weighted by molar-refractivity contribution is 0.0936. The van der Waals surface area contributed by atoms with Crippen molar-refractivity contribution in [2.24, 2.45) is 11.8 Å². The number of carbonyl (C=O) groups is 1. The van der Waals surface area contributed by atoms with Gasteiger partial charge in [-0.1, -0.05) is 31.4 Å². The van der Waals surface area contributed by atoms with Gasteiger partial charge in [-0.2, -0.15) is 0 Å². The number of nitrogens with zero attached hydrogens (tertiary/aromatic N) is 1. The van der Waals surface area contributed by atoms with Crippen LogP contribution >= 0.6 is 0 Å². The molecule has 2 aromatic heterocycles. The Balaban J connectivity index is 1.32. The van der Waals surface area contributed by atoms with Crippen molar-refractivity contribution in [3.8, 4) is 11.3 Å². The standard InChI is InChI=1S/C22H22N2O2/c25-22(24-18-12-16-2-1-3-17(16)13-18)15-6-4-14(5-7-15)21-19-9-11-26-20(19)8-10-23-21/h4-11,16-18H,1-3,12-13H2,(H,24,25)/t16-,17+,18?. The van der Waals surface area contributed by atoms with Gasteiger partial charge in [-0.05, 0) is 48.9 Å². The smallest absolute Gasteiger partial charge is 0.251 e. The number of furan rings is 1. The molecule has 0 bridgehead atoms. The SMILES string of the molecule is O=C(NC1C[C@H]2CCC[C@H]2C1)c1ccc(-c2nccc3occc23)cc1. The summed E-state index contributed by atoms with van der Waals surface area (Å²) in [7, 11) is 0. The zero-order valence-electron chi connectivity index (χ0n) is 14.7. The Kier molecular flexibility index (Phi) is 3.77. The quantitative estimate of drug-likeness (QED) is 0.741. The number of hydrogen-bond donors (Lipinski definition) is 1. The van der Waals surface area contributed by atoms with Crippen LogP contribution in [0.3, 0.4) is 0 Å². The maximum absolute atomic E-state index is 12.6. The lowest BCUT2D eigenvalue weighted by Gasteiger charge is -2.14. The summed E-state index contributed by atoms with van der Waals surface area (Å²) in [5, 5.41) is 4.23. The lowest BCUT2D eigenvalue weighted by atomic mass is 10.0. The Hall–Kier alpha value is -2.62. The van der Waals surface area contributed by atoms with Crippen LogP contribution in [0.15, 0.2) is 53.3 Å². The summed E-state index contributed by atoms with van der Waals surface area (Å²) in [6.45, 7) is 0. The minimum Gasteiger partial charge on any atom is -0.464 e. The second-order valence-electron chi connectivity index (χ2n) is 7.66. The van der Waals surface area contributed by atoms with Crippen LogP contribution in [0.25, 0.3) is 22.2 Å². The van der Waals surface area contributed by atoms with Gasteiger partial charge in [0.1, 0.15) is 5.58 Å². The van der Waals surface area contributed by atoms with E-state index in [9.17, 15) is 4.79 Å². The average Bonchev–Trinajstić information content (AvgIpc) is 3.37. The molecule has 0 spiro atoms. The number of rotatable bonds is 3. The van der Waals surface area contributed by atoms with E-state index >= 15 is 0 Å². The van der Waals surface area contributed by atoms with Gasteiger partial charge in [0.05, 0.1) is 12.0 Å². The monoisotopic (exact) mass is 346 g/mol. The van der Waals surface area contributed by atoms with E-state index in [1.807, 2.05) is 36.4 Å². The molecule has 2 saturated carbocycles. The Morgan fingerprint density at radius 2 is 1.81 bits per heavy atom. The molecular weight excluding hydrogens is 324 g/mol. The third-order valence-corrected chi connectivity index (χ3v) is 6.13. The Morgan fingerprint density at radius 3 is 2.58 bits per heavy atom. The second kappa shape index (κ2) is 6.27. The highest BCUT2D eigenvalue weighted by molar-refractivity contribution is 5.96. The van der Waals surface area contributed by atoms with E-state index in [1.54, 1.807) is 12.5 Å². The average molecular weight is 346 g/mol. The van der Waals surface area contributed by atoms with Crippen LogP contribution in [0, 0.1) is 11.8 Å². The first-order chi connectivity index (χ1) is 12.8.